The van der Waals surface area contributed by atoms with Gasteiger partial charge in [0.1, 0.15) is 4.21 Å². The third-order valence-electron chi connectivity index (χ3n) is 3.77. The lowest BCUT2D eigenvalue weighted by molar-refractivity contribution is 0.192. The van der Waals surface area contributed by atoms with E-state index < -0.39 is 20.0 Å². The van der Waals surface area contributed by atoms with Crippen molar-refractivity contribution in [1.82, 2.24) is 13.9 Å². The van der Waals surface area contributed by atoms with Crippen LogP contribution in [0, 0.1) is 0 Å². The predicted octanol–water partition coefficient (Wildman–Crippen LogP) is 0.166. The molecule has 1 aromatic heterocycles. The number of piperazine rings is 1. The number of rotatable bonds is 7. The molecule has 132 valence electrons. The van der Waals surface area contributed by atoms with Crippen molar-refractivity contribution in [1.29, 1.82) is 0 Å². The minimum Gasteiger partial charge on any atom is -0.299 e. The van der Waals surface area contributed by atoms with Gasteiger partial charge in [0.15, 0.2) is 0 Å². The first-order valence-electron chi connectivity index (χ1n) is 7.48. The third-order valence-corrected chi connectivity index (χ3v) is 8.26. The Labute approximate surface area is 142 Å². The van der Waals surface area contributed by atoms with E-state index in [1.807, 2.05) is 13.0 Å². The molecule has 7 nitrogen and oxygen atoms in total. The lowest BCUT2D eigenvalue weighted by atomic mass is 10.3. The summed E-state index contributed by atoms with van der Waals surface area (Å²) in [7, 11) is -6.58. The Morgan fingerprint density at radius 3 is 2.30 bits per heavy atom. The highest BCUT2D eigenvalue weighted by atomic mass is 32.2. The fraction of sp³-hybridized carbons (Fsp3) is 0.692. The van der Waals surface area contributed by atoms with E-state index in [0.717, 1.165) is 11.3 Å². The molecule has 0 unspecified atom stereocenters. The van der Waals surface area contributed by atoms with Crippen LogP contribution in [0.2, 0.25) is 0 Å². The summed E-state index contributed by atoms with van der Waals surface area (Å²) < 4.78 is 51.6. The SMILES string of the molecule is CCc1ccc(S(=O)(=O)NCCN2CCN(S(C)(=O)=O)CC2)s1. The molecule has 1 aromatic rings. The van der Waals surface area contributed by atoms with Crippen LogP contribution in [0.3, 0.4) is 0 Å². The van der Waals surface area contributed by atoms with E-state index in [9.17, 15) is 16.8 Å². The normalized spacial score (nSPS) is 18.3. The van der Waals surface area contributed by atoms with E-state index in [-0.39, 0.29) is 0 Å². The highest BCUT2D eigenvalue weighted by Gasteiger charge is 2.23. The van der Waals surface area contributed by atoms with E-state index in [1.165, 1.54) is 21.9 Å². The van der Waals surface area contributed by atoms with Crippen LogP contribution in [0.5, 0.6) is 0 Å². The molecular weight excluding hydrogens is 358 g/mol. The van der Waals surface area contributed by atoms with Crippen molar-refractivity contribution in [3.8, 4) is 0 Å². The fourth-order valence-electron chi connectivity index (χ4n) is 2.39. The summed E-state index contributed by atoms with van der Waals surface area (Å²) in [5.41, 5.74) is 0. The molecule has 1 N–H and O–H groups in total. The molecular formula is C13H23N3O4S3. The summed E-state index contributed by atoms with van der Waals surface area (Å²) in [6.07, 6.45) is 2.03. The monoisotopic (exact) mass is 381 g/mol. The third kappa shape index (κ3) is 5.23. The maximum atomic E-state index is 12.2. The van der Waals surface area contributed by atoms with Crippen LogP contribution in [0.15, 0.2) is 16.3 Å². The van der Waals surface area contributed by atoms with Crippen molar-refractivity contribution >= 4 is 31.4 Å². The van der Waals surface area contributed by atoms with Crippen LogP contribution >= 0.6 is 11.3 Å². The topological polar surface area (TPSA) is 86.8 Å². The maximum absolute atomic E-state index is 12.2. The molecule has 0 aliphatic carbocycles. The summed E-state index contributed by atoms with van der Waals surface area (Å²) >= 11 is 1.29. The second kappa shape index (κ2) is 7.58. The molecule has 0 atom stereocenters. The molecule has 0 amide bonds. The van der Waals surface area contributed by atoms with Gasteiger partial charge in [-0.15, -0.1) is 11.3 Å². The second-order valence-corrected chi connectivity index (χ2v) is 10.6. The average molecular weight is 382 g/mol. The molecule has 2 rings (SSSR count). The lowest BCUT2D eigenvalue weighted by Crippen LogP contribution is -2.49. The average Bonchev–Trinajstić information content (AvgIpc) is 2.96. The number of aryl methyl sites for hydroxylation is 1. The largest absolute Gasteiger partial charge is 0.299 e. The molecule has 1 saturated heterocycles. The second-order valence-electron chi connectivity index (χ2n) is 5.48. The minimum absolute atomic E-state index is 0.320. The molecule has 0 spiro atoms. The van der Waals surface area contributed by atoms with Gasteiger partial charge in [-0.1, -0.05) is 6.92 Å². The van der Waals surface area contributed by atoms with Gasteiger partial charge in [-0.25, -0.2) is 21.6 Å². The molecule has 0 saturated carbocycles. The smallest absolute Gasteiger partial charge is 0.250 e. The highest BCUT2D eigenvalue weighted by molar-refractivity contribution is 7.91. The summed E-state index contributed by atoms with van der Waals surface area (Å²) in [6, 6.07) is 3.47. The van der Waals surface area contributed by atoms with Crippen molar-refractivity contribution in [3.63, 3.8) is 0 Å². The van der Waals surface area contributed by atoms with Gasteiger partial charge in [-0.2, -0.15) is 4.31 Å². The van der Waals surface area contributed by atoms with Gasteiger partial charge in [-0.3, -0.25) is 4.90 Å². The molecule has 0 bridgehead atoms. The van der Waals surface area contributed by atoms with Crippen molar-refractivity contribution in [2.24, 2.45) is 0 Å². The molecule has 23 heavy (non-hydrogen) atoms. The number of hydrogen-bond acceptors (Lipinski definition) is 6. The number of nitrogens with zero attached hydrogens (tertiary/aromatic N) is 2. The van der Waals surface area contributed by atoms with Crippen molar-refractivity contribution in [2.45, 2.75) is 17.6 Å². The van der Waals surface area contributed by atoms with Crippen molar-refractivity contribution in [3.05, 3.63) is 17.0 Å². The van der Waals surface area contributed by atoms with E-state index in [1.54, 1.807) is 6.07 Å². The van der Waals surface area contributed by atoms with Crippen LogP contribution in [-0.4, -0.2) is 71.6 Å². The van der Waals surface area contributed by atoms with Gasteiger partial charge in [0.2, 0.25) is 20.0 Å². The Kier molecular flexibility index (Phi) is 6.20. The van der Waals surface area contributed by atoms with Gasteiger partial charge in [0.05, 0.1) is 6.26 Å². The van der Waals surface area contributed by atoms with Gasteiger partial charge >= 0.3 is 0 Å². The number of sulfonamides is 2. The van der Waals surface area contributed by atoms with Crippen LogP contribution in [0.25, 0.3) is 0 Å². The summed E-state index contributed by atoms with van der Waals surface area (Å²) in [5.74, 6) is 0. The van der Waals surface area contributed by atoms with Gasteiger partial charge in [-0.05, 0) is 18.6 Å². The Bertz CT molecular complexity index is 719. The summed E-state index contributed by atoms with van der Waals surface area (Å²) in [4.78, 5) is 3.11. The standard InChI is InChI=1S/C13H23N3O4S3/c1-3-12-4-5-13(21-12)23(19,20)14-6-7-15-8-10-16(11-9-15)22(2,17)18/h4-5,14H,3,6-11H2,1-2H3. The number of thiophene rings is 1. The van der Waals surface area contributed by atoms with Crippen LogP contribution < -0.4 is 4.72 Å². The molecule has 10 heteroatoms. The van der Waals surface area contributed by atoms with E-state index in [0.29, 0.717) is 43.5 Å². The van der Waals surface area contributed by atoms with E-state index in [2.05, 4.69) is 9.62 Å². The minimum atomic E-state index is -3.45. The van der Waals surface area contributed by atoms with Crippen LogP contribution in [-0.2, 0) is 26.5 Å². The van der Waals surface area contributed by atoms with E-state index >= 15 is 0 Å². The van der Waals surface area contributed by atoms with Crippen molar-refractivity contribution in [2.75, 3.05) is 45.5 Å². The van der Waals surface area contributed by atoms with Gasteiger partial charge in [0, 0.05) is 44.1 Å². The molecule has 1 aliphatic rings. The lowest BCUT2D eigenvalue weighted by Gasteiger charge is -2.33. The zero-order valence-corrected chi connectivity index (χ0v) is 15.8. The van der Waals surface area contributed by atoms with Gasteiger partial charge in [0.25, 0.3) is 0 Å². The maximum Gasteiger partial charge on any atom is 0.250 e. The Morgan fingerprint density at radius 1 is 1.13 bits per heavy atom. The van der Waals surface area contributed by atoms with Crippen LogP contribution in [0.1, 0.15) is 11.8 Å². The first-order chi connectivity index (χ1) is 10.7. The van der Waals surface area contributed by atoms with Crippen LogP contribution in [0.4, 0.5) is 0 Å². The van der Waals surface area contributed by atoms with E-state index in [4.69, 9.17) is 0 Å². The van der Waals surface area contributed by atoms with Gasteiger partial charge < -0.3 is 0 Å². The molecule has 1 fully saturated rings. The first kappa shape index (κ1) is 18.8. The zero-order chi connectivity index (χ0) is 17.1. The Morgan fingerprint density at radius 2 is 1.78 bits per heavy atom. The Hall–Kier alpha value is -0.520. The number of nitrogens with one attached hydrogen (secondary N) is 1. The fourth-order valence-corrected chi connectivity index (χ4v) is 5.57. The van der Waals surface area contributed by atoms with Crippen molar-refractivity contribution < 1.29 is 16.8 Å². The molecule has 1 aliphatic heterocycles. The Balaban J connectivity index is 1.79. The summed E-state index contributed by atoms with van der Waals surface area (Å²) in [6.45, 7) is 5.03. The quantitative estimate of drug-likeness (QED) is 0.727. The first-order valence-corrected chi connectivity index (χ1v) is 11.6. The summed E-state index contributed by atoms with van der Waals surface area (Å²) in [5, 5.41) is 0. The number of hydrogen-bond donors (Lipinski definition) is 1. The molecule has 2 heterocycles. The predicted molar refractivity (Wildman–Crippen MR) is 91.7 cm³/mol. The zero-order valence-electron chi connectivity index (χ0n) is 13.4. The highest BCUT2D eigenvalue weighted by Crippen LogP contribution is 2.21. The molecule has 0 aromatic carbocycles. The molecule has 0 radical (unpaired) electrons.